The number of aryl methyl sites for hydroxylation is 1. The molecule has 3 aromatic rings. The second-order valence-corrected chi connectivity index (χ2v) is 9.12. The van der Waals surface area contributed by atoms with Crippen molar-refractivity contribution in [1.29, 1.82) is 0 Å². The van der Waals surface area contributed by atoms with E-state index in [9.17, 15) is 9.59 Å². The van der Waals surface area contributed by atoms with Gasteiger partial charge in [0.2, 0.25) is 11.0 Å². The first-order valence-electron chi connectivity index (χ1n) is 8.98. The second-order valence-electron chi connectivity index (χ2n) is 6.86. The fraction of sp³-hybridized carbons (Fsp3) is 0.200. The maximum absolute atomic E-state index is 12.5. The summed E-state index contributed by atoms with van der Waals surface area (Å²) in [6, 6.07) is 10.2. The third kappa shape index (κ3) is 4.30. The molecule has 1 atom stereocenters. The van der Waals surface area contributed by atoms with Gasteiger partial charge in [-0.3, -0.25) is 14.9 Å². The zero-order chi connectivity index (χ0) is 21.4. The molecule has 1 aliphatic heterocycles. The van der Waals surface area contributed by atoms with Crippen LogP contribution < -0.4 is 10.2 Å². The Hall–Kier alpha value is -2.19. The molecule has 6 nitrogen and oxygen atoms in total. The van der Waals surface area contributed by atoms with Gasteiger partial charge in [0.1, 0.15) is 5.01 Å². The van der Waals surface area contributed by atoms with Crippen LogP contribution in [0.5, 0.6) is 0 Å². The number of hydrogen-bond donors (Lipinski definition) is 1. The molecular weight excluding hydrogens is 467 g/mol. The number of hydrogen-bond acceptors (Lipinski definition) is 5. The molecule has 2 amide bonds. The van der Waals surface area contributed by atoms with Crippen LogP contribution >= 0.6 is 46.1 Å². The van der Waals surface area contributed by atoms with Gasteiger partial charge in [-0.05, 0) is 42.8 Å². The van der Waals surface area contributed by atoms with Gasteiger partial charge in [0.05, 0.1) is 10.6 Å². The van der Waals surface area contributed by atoms with Crippen molar-refractivity contribution in [2.24, 2.45) is 0 Å². The Bertz CT molecular complexity index is 1150. The minimum absolute atomic E-state index is 0.00588. The van der Waals surface area contributed by atoms with Crippen LogP contribution in [-0.4, -0.2) is 28.6 Å². The Morgan fingerprint density at radius 2 is 1.93 bits per heavy atom. The molecule has 0 aliphatic carbocycles. The van der Waals surface area contributed by atoms with Crippen LogP contribution in [0.15, 0.2) is 36.4 Å². The molecule has 30 heavy (non-hydrogen) atoms. The van der Waals surface area contributed by atoms with E-state index in [-0.39, 0.29) is 22.4 Å². The Morgan fingerprint density at radius 3 is 2.67 bits per heavy atom. The molecule has 2 heterocycles. The van der Waals surface area contributed by atoms with Crippen molar-refractivity contribution in [3.8, 4) is 0 Å². The molecule has 1 saturated heterocycles. The lowest BCUT2D eigenvalue weighted by atomic mass is 10.1. The van der Waals surface area contributed by atoms with Crippen molar-refractivity contribution < 1.29 is 9.59 Å². The number of nitrogens with zero attached hydrogens (tertiary/aromatic N) is 3. The van der Waals surface area contributed by atoms with Crippen molar-refractivity contribution in [3.05, 3.63) is 67.6 Å². The van der Waals surface area contributed by atoms with E-state index in [1.165, 1.54) is 17.4 Å². The van der Waals surface area contributed by atoms with Crippen molar-refractivity contribution in [1.82, 2.24) is 10.2 Å². The third-order valence-electron chi connectivity index (χ3n) is 4.78. The average Bonchev–Trinajstić information content (AvgIpc) is 3.30. The maximum Gasteiger partial charge on any atom is 0.259 e. The van der Waals surface area contributed by atoms with Crippen molar-refractivity contribution in [3.63, 3.8) is 0 Å². The van der Waals surface area contributed by atoms with E-state index in [2.05, 4.69) is 15.5 Å². The van der Waals surface area contributed by atoms with Crippen molar-refractivity contribution in [2.45, 2.75) is 19.3 Å². The van der Waals surface area contributed by atoms with E-state index >= 15 is 0 Å². The molecule has 0 bridgehead atoms. The number of halogens is 3. The quantitative estimate of drug-likeness (QED) is 0.528. The zero-order valence-corrected chi connectivity index (χ0v) is 18.7. The Morgan fingerprint density at radius 1 is 1.13 bits per heavy atom. The van der Waals surface area contributed by atoms with E-state index in [1.807, 2.05) is 19.1 Å². The minimum atomic E-state index is -0.405. The minimum Gasteiger partial charge on any atom is -0.312 e. The summed E-state index contributed by atoms with van der Waals surface area (Å²) in [4.78, 5) is 26.7. The summed E-state index contributed by atoms with van der Waals surface area (Å²) in [5, 5.41) is 13.2. The first-order valence-corrected chi connectivity index (χ1v) is 10.9. The molecule has 154 valence electrons. The van der Waals surface area contributed by atoms with Crippen LogP contribution in [-0.2, 0) is 4.79 Å². The van der Waals surface area contributed by atoms with Gasteiger partial charge in [-0.15, -0.1) is 10.2 Å². The van der Waals surface area contributed by atoms with Gasteiger partial charge in [0, 0.05) is 34.6 Å². The summed E-state index contributed by atoms with van der Waals surface area (Å²) in [6.45, 7) is 2.39. The molecule has 1 N–H and O–H groups in total. The molecule has 0 spiro atoms. The maximum atomic E-state index is 12.5. The normalized spacial score (nSPS) is 16.2. The number of rotatable bonds is 4. The van der Waals surface area contributed by atoms with Gasteiger partial charge >= 0.3 is 0 Å². The monoisotopic (exact) mass is 480 g/mol. The lowest BCUT2D eigenvalue weighted by molar-refractivity contribution is -0.117. The van der Waals surface area contributed by atoms with E-state index in [0.29, 0.717) is 33.2 Å². The highest BCUT2D eigenvalue weighted by molar-refractivity contribution is 7.15. The molecular formula is C20H15Cl3N4O2S. The second kappa shape index (κ2) is 8.51. The van der Waals surface area contributed by atoms with Crippen LogP contribution in [0, 0.1) is 6.92 Å². The number of nitrogens with one attached hydrogen (secondary N) is 1. The zero-order valence-electron chi connectivity index (χ0n) is 15.7. The lowest BCUT2D eigenvalue weighted by Crippen LogP contribution is -2.24. The average molecular weight is 482 g/mol. The molecule has 1 unspecified atom stereocenters. The van der Waals surface area contributed by atoms with Gasteiger partial charge in [-0.25, -0.2) is 0 Å². The van der Waals surface area contributed by atoms with Crippen molar-refractivity contribution in [2.75, 3.05) is 16.8 Å². The molecule has 1 aliphatic rings. The fourth-order valence-corrected chi connectivity index (χ4v) is 4.66. The first-order chi connectivity index (χ1) is 14.3. The predicted octanol–water partition coefficient (Wildman–Crippen LogP) is 5.58. The predicted molar refractivity (Wildman–Crippen MR) is 120 cm³/mol. The molecule has 2 aromatic carbocycles. The van der Waals surface area contributed by atoms with E-state index in [1.54, 1.807) is 23.1 Å². The van der Waals surface area contributed by atoms with Crippen LogP contribution in [0.1, 0.15) is 33.3 Å². The van der Waals surface area contributed by atoms with E-state index in [4.69, 9.17) is 34.8 Å². The fourth-order valence-electron chi connectivity index (χ4n) is 3.16. The summed E-state index contributed by atoms with van der Waals surface area (Å²) in [6.07, 6.45) is 0.317. The molecule has 0 radical (unpaired) electrons. The number of benzene rings is 2. The standard InChI is InChI=1S/C20H15Cl3N4O2S/c1-10-2-4-13(8-15(10)22)27-9-11(6-17(27)28)19-25-26-20(30-19)24-18(29)14-5-3-12(21)7-16(14)23/h2-5,7-8,11H,6,9H2,1H3,(H,24,26,29). The summed E-state index contributed by atoms with van der Waals surface area (Å²) >= 11 is 19.4. The third-order valence-corrected chi connectivity index (χ3v) is 6.73. The first kappa shape index (κ1) is 21.1. The number of carbonyl (C=O) groups is 2. The number of anilines is 2. The van der Waals surface area contributed by atoms with E-state index in [0.717, 1.165) is 11.3 Å². The van der Waals surface area contributed by atoms with Crippen LogP contribution in [0.2, 0.25) is 15.1 Å². The molecule has 0 saturated carbocycles. The highest BCUT2D eigenvalue weighted by Crippen LogP contribution is 2.35. The Balaban J connectivity index is 1.47. The lowest BCUT2D eigenvalue weighted by Gasteiger charge is -2.17. The van der Waals surface area contributed by atoms with Gasteiger partial charge in [-0.1, -0.05) is 52.2 Å². The molecule has 1 fully saturated rings. The van der Waals surface area contributed by atoms with Crippen LogP contribution in [0.25, 0.3) is 0 Å². The Labute approximate surface area is 191 Å². The highest BCUT2D eigenvalue weighted by atomic mass is 35.5. The molecule has 10 heteroatoms. The van der Waals surface area contributed by atoms with E-state index < -0.39 is 5.91 Å². The summed E-state index contributed by atoms with van der Waals surface area (Å²) in [5.41, 5.74) is 2.00. The van der Waals surface area contributed by atoms with Crippen LogP contribution in [0.3, 0.4) is 0 Å². The Kier molecular flexibility index (Phi) is 5.97. The molecule has 4 rings (SSSR count). The highest BCUT2D eigenvalue weighted by Gasteiger charge is 2.34. The van der Waals surface area contributed by atoms with Gasteiger partial charge in [0.25, 0.3) is 5.91 Å². The summed E-state index contributed by atoms with van der Waals surface area (Å²) in [7, 11) is 0. The SMILES string of the molecule is Cc1ccc(N2CC(c3nnc(NC(=O)c4ccc(Cl)cc4Cl)s3)CC2=O)cc1Cl. The number of aromatic nitrogens is 2. The largest absolute Gasteiger partial charge is 0.312 e. The van der Waals surface area contributed by atoms with Crippen molar-refractivity contribution >= 4 is 68.8 Å². The van der Waals surface area contributed by atoms with Gasteiger partial charge in [-0.2, -0.15) is 0 Å². The molecule has 1 aromatic heterocycles. The smallest absolute Gasteiger partial charge is 0.259 e. The summed E-state index contributed by atoms with van der Waals surface area (Å²) in [5.74, 6) is -0.522. The van der Waals surface area contributed by atoms with Gasteiger partial charge < -0.3 is 4.90 Å². The summed E-state index contributed by atoms with van der Waals surface area (Å²) < 4.78 is 0. The van der Waals surface area contributed by atoms with Gasteiger partial charge in [0.15, 0.2) is 0 Å². The topological polar surface area (TPSA) is 75.2 Å². The van der Waals surface area contributed by atoms with Crippen LogP contribution in [0.4, 0.5) is 10.8 Å². The number of amides is 2. The number of carbonyl (C=O) groups excluding carboxylic acids is 2.